The van der Waals surface area contributed by atoms with Crippen molar-refractivity contribution in [2.24, 2.45) is 0 Å². The van der Waals surface area contributed by atoms with Crippen LogP contribution < -0.4 is 14.8 Å². The third-order valence-electron chi connectivity index (χ3n) is 4.76. The number of rotatable bonds is 10. The maximum atomic E-state index is 12.3. The van der Waals surface area contributed by atoms with E-state index in [4.69, 9.17) is 9.47 Å². The fourth-order valence-corrected chi connectivity index (χ4v) is 2.99. The number of hydrogen-bond donors (Lipinski definition) is 1. The fourth-order valence-electron chi connectivity index (χ4n) is 2.99. The molecule has 0 bridgehead atoms. The Morgan fingerprint density at radius 1 is 1.07 bits per heavy atom. The summed E-state index contributed by atoms with van der Waals surface area (Å²) in [5.74, 6) is 1.55. The van der Waals surface area contributed by atoms with Gasteiger partial charge in [0.1, 0.15) is 11.5 Å². The Morgan fingerprint density at radius 2 is 1.76 bits per heavy atom. The minimum Gasteiger partial charge on any atom is -0.493 e. The van der Waals surface area contributed by atoms with Crippen molar-refractivity contribution in [3.63, 3.8) is 0 Å². The number of ether oxygens (including phenoxy) is 2. The highest BCUT2D eigenvalue weighted by Gasteiger charge is 2.16. The first-order chi connectivity index (χ1) is 13.8. The van der Waals surface area contributed by atoms with E-state index >= 15 is 0 Å². The number of benzene rings is 2. The SMILES string of the molecule is CCCOc1ccccc1CCCNC(=O)C(C)Oc1ccc(C(C)(C)C)cc1. The predicted molar refractivity (Wildman–Crippen MR) is 119 cm³/mol. The first-order valence-electron chi connectivity index (χ1n) is 10.6. The van der Waals surface area contributed by atoms with Gasteiger partial charge in [-0.3, -0.25) is 4.79 Å². The quantitative estimate of drug-likeness (QED) is 0.554. The molecule has 0 heterocycles. The molecule has 2 aromatic carbocycles. The van der Waals surface area contributed by atoms with Crippen LogP contribution in [0.15, 0.2) is 48.5 Å². The Kier molecular flexibility index (Phi) is 8.56. The molecule has 0 spiro atoms. The van der Waals surface area contributed by atoms with Crippen molar-refractivity contribution in [3.8, 4) is 11.5 Å². The van der Waals surface area contributed by atoms with E-state index in [1.807, 2.05) is 30.3 Å². The summed E-state index contributed by atoms with van der Waals surface area (Å²) in [6.45, 7) is 11.7. The smallest absolute Gasteiger partial charge is 0.260 e. The van der Waals surface area contributed by atoms with Crippen LogP contribution in [-0.4, -0.2) is 25.2 Å². The van der Waals surface area contributed by atoms with Gasteiger partial charge in [-0.05, 0) is 60.9 Å². The summed E-state index contributed by atoms with van der Waals surface area (Å²) in [6.07, 6.45) is 2.17. The highest BCUT2D eigenvalue weighted by molar-refractivity contribution is 5.80. The van der Waals surface area contributed by atoms with Crippen LogP contribution in [0.1, 0.15) is 58.6 Å². The minimum atomic E-state index is -0.532. The van der Waals surface area contributed by atoms with Gasteiger partial charge in [-0.15, -0.1) is 0 Å². The standard InChI is InChI=1S/C25H35NO3/c1-6-18-28-23-12-8-7-10-20(23)11-9-17-26-24(27)19(2)29-22-15-13-21(14-16-22)25(3,4)5/h7-8,10,12-16,19H,6,9,11,17-18H2,1-5H3,(H,26,27). The lowest BCUT2D eigenvalue weighted by Crippen LogP contribution is -2.36. The van der Waals surface area contributed by atoms with Crippen LogP contribution >= 0.6 is 0 Å². The molecular formula is C25H35NO3. The number of carbonyl (C=O) groups is 1. The van der Waals surface area contributed by atoms with Gasteiger partial charge in [0.2, 0.25) is 0 Å². The Bertz CT molecular complexity index is 762. The Morgan fingerprint density at radius 3 is 2.41 bits per heavy atom. The van der Waals surface area contributed by atoms with E-state index in [1.54, 1.807) is 6.92 Å². The second kappa shape index (κ2) is 10.9. The Hall–Kier alpha value is -2.49. The number of aryl methyl sites for hydroxylation is 1. The molecule has 0 aromatic heterocycles. The monoisotopic (exact) mass is 397 g/mol. The maximum absolute atomic E-state index is 12.3. The largest absolute Gasteiger partial charge is 0.493 e. The molecule has 1 N–H and O–H groups in total. The van der Waals surface area contributed by atoms with Gasteiger partial charge in [-0.2, -0.15) is 0 Å². The van der Waals surface area contributed by atoms with Crippen molar-refractivity contribution in [1.82, 2.24) is 5.32 Å². The van der Waals surface area contributed by atoms with Crippen molar-refractivity contribution in [2.45, 2.75) is 65.4 Å². The van der Waals surface area contributed by atoms with Crippen LogP contribution in [0.25, 0.3) is 0 Å². The molecule has 4 heteroatoms. The summed E-state index contributed by atoms with van der Waals surface area (Å²) < 4.78 is 11.6. The summed E-state index contributed by atoms with van der Waals surface area (Å²) in [7, 11) is 0. The Balaban J connectivity index is 1.76. The molecule has 0 saturated carbocycles. The van der Waals surface area contributed by atoms with E-state index in [1.165, 1.54) is 11.1 Å². The first-order valence-corrected chi connectivity index (χ1v) is 10.6. The molecule has 0 fully saturated rings. The van der Waals surface area contributed by atoms with Gasteiger partial charge in [0, 0.05) is 6.54 Å². The number of hydrogen-bond acceptors (Lipinski definition) is 3. The van der Waals surface area contributed by atoms with Crippen molar-refractivity contribution in [2.75, 3.05) is 13.2 Å². The molecule has 1 unspecified atom stereocenters. The summed E-state index contributed by atoms with van der Waals surface area (Å²) in [5.41, 5.74) is 2.52. The average Bonchev–Trinajstić information content (AvgIpc) is 2.69. The van der Waals surface area contributed by atoms with Crippen molar-refractivity contribution < 1.29 is 14.3 Å². The minimum absolute atomic E-state index is 0.0968. The second-order valence-electron chi connectivity index (χ2n) is 8.39. The molecule has 0 radical (unpaired) electrons. The molecule has 0 aliphatic heterocycles. The van der Waals surface area contributed by atoms with Crippen LogP contribution in [0.2, 0.25) is 0 Å². The third kappa shape index (κ3) is 7.45. The summed E-state index contributed by atoms with van der Waals surface area (Å²) in [6, 6.07) is 16.1. The molecular weight excluding hydrogens is 362 g/mol. The lowest BCUT2D eigenvalue weighted by Gasteiger charge is -2.20. The highest BCUT2D eigenvalue weighted by atomic mass is 16.5. The predicted octanol–water partition coefficient (Wildman–Crippen LogP) is 5.29. The molecule has 0 aliphatic rings. The lowest BCUT2D eigenvalue weighted by atomic mass is 9.87. The van der Waals surface area contributed by atoms with Gasteiger partial charge >= 0.3 is 0 Å². The van der Waals surface area contributed by atoms with Crippen LogP contribution in [0.4, 0.5) is 0 Å². The topological polar surface area (TPSA) is 47.6 Å². The number of nitrogens with one attached hydrogen (secondary N) is 1. The molecule has 0 saturated heterocycles. The molecule has 158 valence electrons. The molecule has 1 atom stereocenters. The third-order valence-corrected chi connectivity index (χ3v) is 4.76. The van der Waals surface area contributed by atoms with Crippen LogP contribution in [0.5, 0.6) is 11.5 Å². The van der Waals surface area contributed by atoms with Crippen molar-refractivity contribution >= 4 is 5.91 Å². The highest BCUT2D eigenvalue weighted by Crippen LogP contribution is 2.24. The molecule has 0 aliphatic carbocycles. The normalized spacial score (nSPS) is 12.3. The number of carbonyl (C=O) groups excluding carboxylic acids is 1. The van der Waals surface area contributed by atoms with E-state index in [0.29, 0.717) is 12.3 Å². The van der Waals surface area contributed by atoms with Crippen LogP contribution in [0.3, 0.4) is 0 Å². The maximum Gasteiger partial charge on any atom is 0.260 e. The molecule has 2 rings (SSSR count). The van der Waals surface area contributed by atoms with E-state index < -0.39 is 6.10 Å². The van der Waals surface area contributed by atoms with Gasteiger partial charge in [0.05, 0.1) is 6.61 Å². The zero-order valence-electron chi connectivity index (χ0n) is 18.5. The van der Waals surface area contributed by atoms with Gasteiger partial charge in [0.15, 0.2) is 6.10 Å². The van der Waals surface area contributed by atoms with Gasteiger partial charge in [-0.25, -0.2) is 0 Å². The second-order valence-corrected chi connectivity index (χ2v) is 8.39. The number of para-hydroxylation sites is 1. The number of amides is 1. The molecule has 1 amide bonds. The van der Waals surface area contributed by atoms with E-state index in [-0.39, 0.29) is 11.3 Å². The van der Waals surface area contributed by atoms with Crippen LogP contribution in [-0.2, 0) is 16.6 Å². The summed E-state index contributed by atoms with van der Waals surface area (Å²) in [4.78, 5) is 12.3. The zero-order chi connectivity index (χ0) is 21.3. The van der Waals surface area contributed by atoms with E-state index in [9.17, 15) is 4.79 Å². The molecule has 2 aromatic rings. The average molecular weight is 398 g/mol. The van der Waals surface area contributed by atoms with Gasteiger partial charge in [0.25, 0.3) is 5.91 Å². The molecule has 4 nitrogen and oxygen atoms in total. The molecule has 29 heavy (non-hydrogen) atoms. The van der Waals surface area contributed by atoms with Crippen molar-refractivity contribution in [1.29, 1.82) is 0 Å². The fraction of sp³-hybridized carbons (Fsp3) is 0.480. The zero-order valence-corrected chi connectivity index (χ0v) is 18.5. The van der Waals surface area contributed by atoms with Gasteiger partial charge in [-0.1, -0.05) is 58.0 Å². The Labute approximate surface area is 175 Å². The summed E-state index contributed by atoms with van der Waals surface area (Å²) >= 11 is 0. The lowest BCUT2D eigenvalue weighted by molar-refractivity contribution is -0.127. The summed E-state index contributed by atoms with van der Waals surface area (Å²) in [5, 5.41) is 2.97. The van der Waals surface area contributed by atoms with E-state index in [0.717, 1.165) is 31.6 Å². The van der Waals surface area contributed by atoms with Gasteiger partial charge < -0.3 is 14.8 Å². The van der Waals surface area contributed by atoms with E-state index in [2.05, 4.69) is 51.2 Å². The van der Waals surface area contributed by atoms with Crippen molar-refractivity contribution in [3.05, 3.63) is 59.7 Å². The van der Waals surface area contributed by atoms with Crippen LogP contribution in [0, 0.1) is 0 Å². The first kappa shape index (κ1) is 22.8.